The number of benzene rings is 2. The van der Waals surface area contributed by atoms with E-state index in [9.17, 15) is 20.0 Å². The highest BCUT2D eigenvalue weighted by Crippen LogP contribution is 2.51. The fraction of sp³-hybridized carbons (Fsp3) is 0.250. The average Bonchev–Trinajstić information content (AvgIpc) is 3.11. The number of nitro benzene ring substituents is 1. The second kappa shape index (κ2) is 5.98. The Morgan fingerprint density at radius 2 is 2.12 bits per heavy atom. The number of carboxylic acids is 1. The standard InChI is InChI=1S/C20H18N2O4/c1-11-8-9-16(20(23)24)17-14-6-3-7-15(14)19(21-18(11)17)12-4-2-5-13(10-12)22(25)26/h2-6,8-10,14-15,19,21H,7H2,1H3,(H,23,24)/t14?,15?,19-/m0/s1. The van der Waals surface area contributed by atoms with Gasteiger partial charge in [-0.2, -0.15) is 0 Å². The second-order valence-electron chi connectivity index (χ2n) is 6.85. The monoisotopic (exact) mass is 350 g/mol. The quantitative estimate of drug-likeness (QED) is 0.485. The van der Waals surface area contributed by atoms with Gasteiger partial charge in [0.1, 0.15) is 0 Å². The summed E-state index contributed by atoms with van der Waals surface area (Å²) < 4.78 is 0. The number of aryl methyl sites for hydroxylation is 1. The number of carboxylic acid groups (broad SMARTS) is 1. The highest BCUT2D eigenvalue weighted by atomic mass is 16.6. The number of anilines is 1. The van der Waals surface area contributed by atoms with Crippen LogP contribution < -0.4 is 5.32 Å². The van der Waals surface area contributed by atoms with Crippen molar-refractivity contribution in [2.75, 3.05) is 5.32 Å². The van der Waals surface area contributed by atoms with Crippen LogP contribution in [0.3, 0.4) is 0 Å². The molecule has 26 heavy (non-hydrogen) atoms. The van der Waals surface area contributed by atoms with Crippen molar-refractivity contribution >= 4 is 17.3 Å². The molecule has 0 amide bonds. The third kappa shape index (κ3) is 2.45. The normalized spacial score (nSPS) is 23.0. The van der Waals surface area contributed by atoms with Crippen LogP contribution in [0.15, 0.2) is 48.6 Å². The Hall–Kier alpha value is -3.15. The Kier molecular flexibility index (Phi) is 3.76. The molecule has 0 fully saturated rings. The highest BCUT2D eigenvalue weighted by molar-refractivity contribution is 5.93. The van der Waals surface area contributed by atoms with Gasteiger partial charge in [0.25, 0.3) is 5.69 Å². The summed E-state index contributed by atoms with van der Waals surface area (Å²) in [6, 6.07) is 10.0. The number of allylic oxidation sites excluding steroid dienone is 2. The number of nitro groups is 1. The zero-order chi connectivity index (χ0) is 18.4. The molecule has 6 heteroatoms. The minimum Gasteiger partial charge on any atom is -0.478 e. The molecule has 6 nitrogen and oxygen atoms in total. The van der Waals surface area contributed by atoms with Crippen molar-refractivity contribution in [1.82, 2.24) is 0 Å². The van der Waals surface area contributed by atoms with Crippen LogP contribution in [0, 0.1) is 23.0 Å². The molecule has 0 spiro atoms. The summed E-state index contributed by atoms with van der Waals surface area (Å²) in [5.41, 5.74) is 3.85. The maximum absolute atomic E-state index is 11.7. The first-order valence-electron chi connectivity index (χ1n) is 8.51. The molecule has 0 saturated heterocycles. The Labute approximate surface area is 150 Å². The lowest BCUT2D eigenvalue weighted by molar-refractivity contribution is -0.384. The Morgan fingerprint density at radius 1 is 1.31 bits per heavy atom. The van der Waals surface area contributed by atoms with E-state index in [1.54, 1.807) is 24.3 Å². The molecular weight excluding hydrogens is 332 g/mol. The maximum atomic E-state index is 11.7. The van der Waals surface area contributed by atoms with Crippen LogP contribution in [0.2, 0.25) is 0 Å². The third-order valence-corrected chi connectivity index (χ3v) is 5.40. The van der Waals surface area contributed by atoms with Crippen LogP contribution in [0.25, 0.3) is 0 Å². The minimum atomic E-state index is -0.934. The first kappa shape index (κ1) is 16.3. The Bertz CT molecular complexity index is 951. The molecule has 2 aromatic carbocycles. The second-order valence-corrected chi connectivity index (χ2v) is 6.85. The Morgan fingerprint density at radius 3 is 2.85 bits per heavy atom. The zero-order valence-electron chi connectivity index (χ0n) is 14.2. The summed E-state index contributed by atoms with van der Waals surface area (Å²) in [6.07, 6.45) is 4.95. The zero-order valence-corrected chi connectivity index (χ0v) is 14.2. The van der Waals surface area contributed by atoms with Gasteiger partial charge in [0.05, 0.1) is 16.5 Å². The molecule has 3 atom stereocenters. The molecule has 0 aromatic heterocycles. The fourth-order valence-corrected chi connectivity index (χ4v) is 4.20. The summed E-state index contributed by atoms with van der Waals surface area (Å²) in [5.74, 6) is -0.818. The van der Waals surface area contributed by atoms with E-state index in [2.05, 4.69) is 17.5 Å². The van der Waals surface area contributed by atoms with Gasteiger partial charge >= 0.3 is 5.97 Å². The van der Waals surface area contributed by atoms with Crippen LogP contribution in [-0.4, -0.2) is 16.0 Å². The van der Waals surface area contributed by atoms with Crippen molar-refractivity contribution in [2.24, 2.45) is 5.92 Å². The van der Waals surface area contributed by atoms with Gasteiger partial charge < -0.3 is 10.4 Å². The van der Waals surface area contributed by atoms with E-state index in [0.717, 1.165) is 28.8 Å². The SMILES string of the molecule is Cc1ccc(C(=O)O)c2c1N[C@@H](c1cccc([N+](=O)[O-])c1)C1CC=CC21. The van der Waals surface area contributed by atoms with Gasteiger partial charge in [0, 0.05) is 23.7 Å². The molecule has 2 N–H and O–H groups in total. The van der Waals surface area contributed by atoms with Crippen molar-refractivity contribution in [3.05, 3.63) is 80.9 Å². The van der Waals surface area contributed by atoms with Crippen LogP contribution in [0.5, 0.6) is 0 Å². The van der Waals surface area contributed by atoms with E-state index in [-0.39, 0.29) is 23.6 Å². The fourth-order valence-electron chi connectivity index (χ4n) is 4.20. The van der Waals surface area contributed by atoms with E-state index in [4.69, 9.17) is 0 Å². The van der Waals surface area contributed by atoms with Crippen LogP contribution in [0.1, 0.15) is 45.4 Å². The van der Waals surface area contributed by atoms with E-state index in [1.807, 2.05) is 13.0 Å². The number of hydrogen-bond donors (Lipinski definition) is 2. The van der Waals surface area contributed by atoms with Crippen molar-refractivity contribution < 1.29 is 14.8 Å². The largest absolute Gasteiger partial charge is 0.478 e. The molecule has 1 aliphatic carbocycles. The lowest BCUT2D eigenvalue weighted by Crippen LogP contribution is -2.31. The molecule has 0 saturated carbocycles. The van der Waals surface area contributed by atoms with Crippen molar-refractivity contribution in [3.8, 4) is 0 Å². The number of carbonyl (C=O) groups is 1. The van der Waals surface area contributed by atoms with Crippen LogP contribution >= 0.6 is 0 Å². The smallest absolute Gasteiger partial charge is 0.336 e. The third-order valence-electron chi connectivity index (χ3n) is 5.40. The van der Waals surface area contributed by atoms with E-state index >= 15 is 0 Å². The topological polar surface area (TPSA) is 92.5 Å². The molecule has 2 aliphatic rings. The van der Waals surface area contributed by atoms with Crippen LogP contribution in [0.4, 0.5) is 11.4 Å². The number of fused-ring (bicyclic) bond motifs is 3. The molecule has 0 bridgehead atoms. The van der Waals surface area contributed by atoms with Gasteiger partial charge in [-0.3, -0.25) is 10.1 Å². The van der Waals surface area contributed by atoms with E-state index < -0.39 is 10.9 Å². The number of aromatic carboxylic acids is 1. The summed E-state index contributed by atoms with van der Waals surface area (Å²) in [7, 11) is 0. The first-order valence-corrected chi connectivity index (χ1v) is 8.51. The molecule has 132 valence electrons. The van der Waals surface area contributed by atoms with Gasteiger partial charge in [-0.25, -0.2) is 4.79 Å². The van der Waals surface area contributed by atoms with Gasteiger partial charge in [-0.1, -0.05) is 30.4 Å². The van der Waals surface area contributed by atoms with Gasteiger partial charge in [0.2, 0.25) is 0 Å². The van der Waals surface area contributed by atoms with Gasteiger partial charge in [-0.15, -0.1) is 0 Å². The predicted molar refractivity (Wildman–Crippen MR) is 97.6 cm³/mol. The summed E-state index contributed by atoms with van der Waals surface area (Å²) in [5, 5.41) is 24.2. The number of rotatable bonds is 3. The predicted octanol–water partition coefficient (Wildman–Crippen LogP) is 4.43. The summed E-state index contributed by atoms with van der Waals surface area (Å²) in [6.45, 7) is 1.95. The lowest BCUT2D eigenvalue weighted by atomic mass is 9.74. The molecule has 1 aliphatic heterocycles. The van der Waals surface area contributed by atoms with Crippen molar-refractivity contribution in [2.45, 2.75) is 25.3 Å². The molecule has 4 rings (SSSR count). The minimum absolute atomic E-state index is 0.0125. The highest BCUT2D eigenvalue weighted by Gasteiger charge is 2.40. The Balaban J connectivity index is 1.85. The average molecular weight is 350 g/mol. The number of hydrogen-bond acceptors (Lipinski definition) is 4. The van der Waals surface area contributed by atoms with Crippen LogP contribution in [-0.2, 0) is 0 Å². The van der Waals surface area contributed by atoms with Crippen molar-refractivity contribution in [3.63, 3.8) is 0 Å². The van der Waals surface area contributed by atoms with Crippen molar-refractivity contribution in [1.29, 1.82) is 0 Å². The summed E-state index contributed by atoms with van der Waals surface area (Å²) >= 11 is 0. The van der Waals surface area contributed by atoms with E-state index in [1.165, 1.54) is 6.07 Å². The summed E-state index contributed by atoms with van der Waals surface area (Å²) in [4.78, 5) is 22.5. The van der Waals surface area contributed by atoms with Gasteiger partial charge in [0.15, 0.2) is 0 Å². The maximum Gasteiger partial charge on any atom is 0.336 e. The molecule has 2 aromatic rings. The number of nitrogens with one attached hydrogen (secondary N) is 1. The number of non-ortho nitro benzene ring substituents is 1. The number of nitrogens with zero attached hydrogens (tertiary/aromatic N) is 1. The van der Waals surface area contributed by atoms with E-state index in [0.29, 0.717) is 5.56 Å². The lowest BCUT2D eigenvalue weighted by Gasteiger charge is -2.39. The molecule has 2 unspecified atom stereocenters. The molecule has 0 radical (unpaired) electrons. The van der Waals surface area contributed by atoms with Gasteiger partial charge in [-0.05, 0) is 42.0 Å². The molecular formula is C20H18N2O4. The first-order chi connectivity index (χ1) is 12.5. The molecule has 1 heterocycles.